The lowest BCUT2D eigenvalue weighted by Gasteiger charge is -2.16. The number of nitrogens with zero attached hydrogens (tertiary/aromatic N) is 2. The fourth-order valence-electron chi connectivity index (χ4n) is 2.68. The minimum absolute atomic E-state index is 0.739. The molecule has 0 saturated heterocycles. The molecule has 0 spiro atoms. The van der Waals surface area contributed by atoms with Crippen LogP contribution >= 0.6 is 15.9 Å². The molecule has 0 aliphatic heterocycles. The molecule has 1 unspecified atom stereocenters. The Labute approximate surface area is 107 Å². The zero-order valence-corrected chi connectivity index (χ0v) is 11.6. The summed E-state index contributed by atoms with van der Waals surface area (Å²) in [6, 6.07) is 2.12. The first kappa shape index (κ1) is 12.2. The molecule has 1 aromatic heterocycles. The average Bonchev–Trinajstić information content (AvgIpc) is 2.90. The summed E-state index contributed by atoms with van der Waals surface area (Å²) >= 11 is 3.87. The van der Waals surface area contributed by atoms with Gasteiger partial charge in [-0.05, 0) is 44.1 Å². The SMILES string of the molecule is Cn1nccc1CCCC(Br)C1CCCC1. The van der Waals surface area contributed by atoms with Crippen molar-refractivity contribution >= 4 is 15.9 Å². The molecular formula is C13H21BrN2. The third-order valence-electron chi connectivity index (χ3n) is 3.75. The zero-order chi connectivity index (χ0) is 11.4. The number of halogens is 1. The van der Waals surface area contributed by atoms with Crippen LogP contribution < -0.4 is 0 Å². The van der Waals surface area contributed by atoms with Gasteiger partial charge in [0.05, 0.1) is 0 Å². The van der Waals surface area contributed by atoms with Crippen LogP contribution in [0.4, 0.5) is 0 Å². The van der Waals surface area contributed by atoms with Crippen LogP contribution in [-0.4, -0.2) is 14.6 Å². The second-order valence-corrected chi connectivity index (χ2v) is 6.08. The van der Waals surface area contributed by atoms with E-state index in [1.165, 1.54) is 44.2 Å². The number of aryl methyl sites for hydroxylation is 2. The topological polar surface area (TPSA) is 17.8 Å². The van der Waals surface area contributed by atoms with E-state index in [1.54, 1.807) is 0 Å². The second-order valence-electron chi connectivity index (χ2n) is 4.90. The molecule has 2 rings (SSSR count). The Hall–Kier alpha value is -0.310. The molecule has 0 aromatic carbocycles. The standard InChI is InChI=1S/C13H21BrN2/c1-16-12(9-10-15-16)7-4-8-13(14)11-5-2-3-6-11/h9-11,13H,2-8H2,1H3. The van der Waals surface area contributed by atoms with Crippen LogP contribution in [0.2, 0.25) is 0 Å². The van der Waals surface area contributed by atoms with E-state index < -0.39 is 0 Å². The average molecular weight is 285 g/mol. The van der Waals surface area contributed by atoms with Gasteiger partial charge >= 0.3 is 0 Å². The third kappa shape index (κ3) is 3.09. The molecule has 2 nitrogen and oxygen atoms in total. The fourth-order valence-corrected chi connectivity index (χ4v) is 3.53. The molecule has 0 N–H and O–H groups in total. The Kier molecular flexibility index (Phi) is 4.45. The van der Waals surface area contributed by atoms with E-state index in [0.717, 1.165) is 17.2 Å². The summed E-state index contributed by atoms with van der Waals surface area (Å²) in [6.07, 6.45) is 11.4. The first-order valence-electron chi connectivity index (χ1n) is 6.38. The van der Waals surface area contributed by atoms with Crippen LogP contribution in [0.25, 0.3) is 0 Å². The minimum Gasteiger partial charge on any atom is -0.273 e. The third-order valence-corrected chi connectivity index (χ3v) is 4.95. The summed E-state index contributed by atoms with van der Waals surface area (Å²) in [6.45, 7) is 0. The van der Waals surface area contributed by atoms with Crippen molar-refractivity contribution in [3.8, 4) is 0 Å². The first-order valence-corrected chi connectivity index (χ1v) is 7.30. The lowest BCUT2D eigenvalue weighted by molar-refractivity contribution is 0.492. The molecule has 0 radical (unpaired) electrons. The molecule has 1 aliphatic carbocycles. The Morgan fingerprint density at radius 2 is 2.25 bits per heavy atom. The summed E-state index contributed by atoms with van der Waals surface area (Å²) in [7, 11) is 2.03. The molecule has 0 amide bonds. The van der Waals surface area contributed by atoms with Gasteiger partial charge < -0.3 is 0 Å². The summed E-state index contributed by atoms with van der Waals surface area (Å²) in [5, 5.41) is 4.20. The maximum atomic E-state index is 4.20. The molecule has 1 saturated carbocycles. The van der Waals surface area contributed by atoms with Gasteiger partial charge in [-0.1, -0.05) is 28.8 Å². The van der Waals surface area contributed by atoms with Crippen molar-refractivity contribution < 1.29 is 0 Å². The molecule has 1 heterocycles. The Morgan fingerprint density at radius 3 is 2.88 bits per heavy atom. The molecule has 1 fully saturated rings. The van der Waals surface area contributed by atoms with Gasteiger partial charge in [0, 0.05) is 23.8 Å². The van der Waals surface area contributed by atoms with Crippen molar-refractivity contribution in [3.05, 3.63) is 18.0 Å². The molecule has 0 bridgehead atoms. The lowest BCUT2D eigenvalue weighted by atomic mass is 9.99. The molecule has 1 aliphatic rings. The predicted molar refractivity (Wildman–Crippen MR) is 70.8 cm³/mol. The van der Waals surface area contributed by atoms with E-state index in [-0.39, 0.29) is 0 Å². The Balaban J connectivity index is 1.69. The van der Waals surface area contributed by atoms with Crippen molar-refractivity contribution in [1.29, 1.82) is 0 Å². The van der Waals surface area contributed by atoms with E-state index in [4.69, 9.17) is 0 Å². The van der Waals surface area contributed by atoms with Gasteiger partial charge in [0.15, 0.2) is 0 Å². The minimum atomic E-state index is 0.739. The summed E-state index contributed by atoms with van der Waals surface area (Å²) in [5.41, 5.74) is 1.35. The van der Waals surface area contributed by atoms with Crippen LogP contribution in [0.5, 0.6) is 0 Å². The van der Waals surface area contributed by atoms with Gasteiger partial charge in [0.25, 0.3) is 0 Å². The van der Waals surface area contributed by atoms with E-state index in [9.17, 15) is 0 Å². The number of hydrogen-bond donors (Lipinski definition) is 0. The van der Waals surface area contributed by atoms with Crippen LogP contribution in [0.1, 0.15) is 44.2 Å². The van der Waals surface area contributed by atoms with E-state index in [1.807, 2.05) is 17.9 Å². The van der Waals surface area contributed by atoms with Crippen LogP contribution in [-0.2, 0) is 13.5 Å². The number of rotatable bonds is 5. The second kappa shape index (κ2) is 5.85. The summed E-state index contributed by atoms with van der Waals surface area (Å²) in [5.74, 6) is 0.937. The van der Waals surface area contributed by atoms with Crippen molar-refractivity contribution in [2.75, 3.05) is 0 Å². The fraction of sp³-hybridized carbons (Fsp3) is 0.769. The molecule has 90 valence electrons. The van der Waals surface area contributed by atoms with Crippen LogP contribution in [0, 0.1) is 5.92 Å². The van der Waals surface area contributed by atoms with Gasteiger partial charge in [-0.15, -0.1) is 0 Å². The van der Waals surface area contributed by atoms with Crippen molar-refractivity contribution in [3.63, 3.8) is 0 Å². The highest BCUT2D eigenvalue weighted by atomic mass is 79.9. The van der Waals surface area contributed by atoms with Crippen molar-refractivity contribution in [2.45, 2.75) is 49.8 Å². The molecule has 1 aromatic rings. The highest BCUT2D eigenvalue weighted by molar-refractivity contribution is 9.09. The smallest absolute Gasteiger partial charge is 0.0492 e. The van der Waals surface area contributed by atoms with Gasteiger partial charge in [0.1, 0.15) is 0 Å². The lowest BCUT2D eigenvalue weighted by Crippen LogP contribution is -2.11. The largest absolute Gasteiger partial charge is 0.273 e. The maximum Gasteiger partial charge on any atom is 0.0492 e. The molecular weight excluding hydrogens is 264 g/mol. The van der Waals surface area contributed by atoms with E-state index in [0.29, 0.717) is 0 Å². The van der Waals surface area contributed by atoms with Crippen LogP contribution in [0.3, 0.4) is 0 Å². The number of alkyl halides is 1. The number of hydrogen-bond acceptors (Lipinski definition) is 1. The van der Waals surface area contributed by atoms with Crippen molar-refractivity contribution in [1.82, 2.24) is 9.78 Å². The van der Waals surface area contributed by atoms with E-state index >= 15 is 0 Å². The molecule has 3 heteroatoms. The molecule has 1 atom stereocenters. The first-order chi connectivity index (χ1) is 7.77. The van der Waals surface area contributed by atoms with Crippen molar-refractivity contribution in [2.24, 2.45) is 13.0 Å². The zero-order valence-electron chi connectivity index (χ0n) is 10.0. The maximum absolute atomic E-state index is 4.20. The highest BCUT2D eigenvalue weighted by Gasteiger charge is 2.22. The molecule has 16 heavy (non-hydrogen) atoms. The number of aromatic nitrogens is 2. The van der Waals surface area contributed by atoms with Gasteiger partial charge in [-0.25, -0.2) is 0 Å². The quantitative estimate of drug-likeness (QED) is 0.754. The van der Waals surface area contributed by atoms with E-state index in [2.05, 4.69) is 27.1 Å². The Bertz CT molecular complexity index is 315. The predicted octanol–water partition coefficient (Wildman–Crippen LogP) is 3.70. The van der Waals surface area contributed by atoms with Crippen LogP contribution in [0.15, 0.2) is 12.3 Å². The van der Waals surface area contributed by atoms with Gasteiger partial charge in [-0.2, -0.15) is 5.10 Å². The summed E-state index contributed by atoms with van der Waals surface area (Å²) < 4.78 is 1.98. The van der Waals surface area contributed by atoms with Gasteiger partial charge in [-0.3, -0.25) is 4.68 Å². The highest BCUT2D eigenvalue weighted by Crippen LogP contribution is 2.33. The normalized spacial score (nSPS) is 19.1. The summed E-state index contributed by atoms with van der Waals surface area (Å²) in [4.78, 5) is 0.739. The Morgan fingerprint density at radius 1 is 1.50 bits per heavy atom. The monoisotopic (exact) mass is 284 g/mol. The van der Waals surface area contributed by atoms with Gasteiger partial charge in [0.2, 0.25) is 0 Å².